The number of thiazole rings is 1. The first-order valence-electron chi connectivity index (χ1n) is 10.6. The highest BCUT2D eigenvalue weighted by atomic mass is 32.1. The summed E-state index contributed by atoms with van der Waals surface area (Å²) in [4.78, 5) is 39.9. The lowest BCUT2D eigenvalue weighted by atomic mass is 9.87. The Morgan fingerprint density at radius 1 is 1.03 bits per heavy atom. The van der Waals surface area contributed by atoms with E-state index < -0.39 is 0 Å². The summed E-state index contributed by atoms with van der Waals surface area (Å²) >= 11 is 1.28. The van der Waals surface area contributed by atoms with Crippen molar-refractivity contribution in [3.8, 4) is 11.5 Å². The van der Waals surface area contributed by atoms with E-state index in [1.807, 2.05) is 12.1 Å². The summed E-state index contributed by atoms with van der Waals surface area (Å²) in [6.07, 6.45) is 0.127. The number of carbonyl (C=O) groups excluding carboxylic acids is 3. The first-order chi connectivity index (χ1) is 15.6. The molecule has 2 aromatic heterocycles. The molecule has 0 bridgehead atoms. The fourth-order valence-electron chi connectivity index (χ4n) is 2.96. The minimum absolute atomic E-state index is 0.0225. The van der Waals surface area contributed by atoms with Crippen LogP contribution in [0.4, 0.5) is 5.13 Å². The van der Waals surface area contributed by atoms with Crippen LogP contribution in [-0.4, -0.2) is 29.3 Å². The summed E-state index contributed by atoms with van der Waals surface area (Å²) < 4.78 is 5.67. The molecular weight excluding hydrogens is 440 g/mol. The molecule has 0 saturated heterocycles. The second kappa shape index (κ2) is 10.4. The Kier molecular flexibility index (Phi) is 7.65. The van der Waals surface area contributed by atoms with Crippen LogP contribution in [0, 0.1) is 0 Å². The number of nitrogens with zero attached hydrogens (tertiary/aromatic N) is 1. The molecule has 0 unspecified atom stereocenters. The van der Waals surface area contributed by atoms with Crippen LogP contribution in [-0.2, 0) is 21.5 Å². The van der Waals surface area contributed by atoms with Crippen molar-refractivity contribution in [2.75, 3.05) is 11.9 Å². The lowest BCUT2D eigenvalue weighted by Crippen LogP contribution is -2.27. The lowest BCUT2D eigenvalue weighted by Gasteiger charge is -2.19. The first-order valence-corrected chi connectivity index (χ1v) is 11.5. The fraction of sp³-hybridized carbons (Fsp3) is 0.333. The Bertz CT molecular complexity index is 1130. The Morgan fingerprint density at radius 3 is 2.42 bits per heavy atom. The molecule has 174 valence electrons. The van der Waals surface area contributed by atoms with Crippen molar-refractivity contribution in [1.82, 2.24) is 15.6 Å². The van der Waals surface area contributed by atoms with Gasteiger partial charge in [-0.25, -0.2) is 4.98 Å². The maximum absolute atomic E-state index is 12.3. The second-order valence-corrected chi connectivity index (χ2v) is 9.45. The molecule has 0 aliphatic rings. The minimum atomic E-state index is -0.245. The van der Waals surface area contributed by atoms with Crippen LogP contribution in [0.5, 0.6) is 0 Å². The Hall–Kier alpha value is -3.46. The maximum atomic E-state index is 12.3. The molecule has 2 heterocycles. The zero-order chi connectivity index (χ0) is 24.0. The van der Waals surface area contributed by atoms with Gasteiger partial charge in [0.15, 0.2) is 10.9 Å². The van der Waals surface area contributed by atoms with Crippen LogP contribution >= 0.6 is 11.3 Å². The van der Waals surface area contributed by atoms with Gasteiger partial charge < -0.3 is 20.4 Å². The molecule has 0 atom stereocenters. The molecule has 33 heavy (non-hydrogen) atoms. The van der Waals surface area contributed by atoms with Gasteiger partial charge >= 0.3 is 0 Å². The Morgan fingerprint density at radius 2 is 1.76 bits per heavy atom. The van der Waals surface area contributed by atoms with Crippen LogP contribution < -0.4 is 16.0 Å². The highest BCUT2D eigenvalue weighted by Gasteiger charge is 2.15. The Labute approximate surface area is 196 Å². The average molecular weight is 469 g/mol. The van der Waals surface area contributed by atoms with E-state index in [2.05, 4.69) is 41.7 Å². The van der Waals surface area contributed by atoms with E-state index in [-0.39, 0.29) is 36.1 Å². The molecule has 8 nitrogen and oxygen atoms in total. The van der Waals surface area contributed by atoms with E-state index in [0.717, 1.165) is 5.56 Å². The van der Waals surface area contributed by atoms with Crippen LogP contribution in [0.2, 0.25) is 0 Å². The summed E-state index contributed by atoms with van der Waals surface area (Å²) in [5, 5.41) is 10.4. The molecular formula is C24H28N4O4S. The SMILES string of the molecule is CC(=O)NCc1ccc(-c2csc(NC(=O)CCNC(=O)c3ccc(C(C)(C)C)cc3)n2)o1. The third-order valence-electron chi connectivity index (χ3n) is 4.83. The fourth-order valence-corrected chi connectivity index (χ4v) is 3.68. The standard InChI is InChI=1S/C24H28N4O4S/c1-15(29)26-13-18-9-10-20(32-18)19-14-33-23(27-19)28-21(30)11-12-25-22(31)16-5-7-17(8-6-16)24(2,3)4/h5-10,14H,11-13H2,1-4H3,(H,25,31)(H,26,29)(H,27,28,30). The molecule has 3 amide bonds. The van der Waals surface area contributed by atoms with E-state index in [4.69, 9.17) is 4.42 Å². The Balaban J connectivity index is 1.45. The van der Waals surface area contributed by atoms with E-state index in [0.29, 0.717) is 34.5 Å². The van der Waals surface area contributed by atoms with Gasteiger partial charge in [0.25, 0.3) is 5.91 Å². The second-order valence-electron chi connectivity index (χ2n) is 8.60. The van der Waals surface area contributed by atoms with Crippen LogP contribution in [0.15, 0.2) is 46.2 Å². The lowest BCUT2D eigenvalue weighted by molar-refractivity contribution is -0.119. The van der Waals surface area contributed by atoms with Gasteiger partial charge in [-0.2, -0.15) is 0 Å². The monoisotopic (exact) mass is 468 g/mol. The van der Waals surface area contributed by atoms with Crippen molar-refractivity contribution in [3.05, 3.63) is 58.7 Å². The average Bonchev–Trinajstić information content (AvgIpc) is 3.41. The van der Waals surface area contributed by atoms with Crippen LogP contribution in [0.25, 0.3) is 11.5 Å². The van der Waals surface area contributed by atoms with Gasteiger partial charge in [-0.3, -0.25) is 14.4 Å². The molecule has 1 aromatic carbocycles. The normalized spacial score (nSPS) is 11.2. The molecule has 0 radical (unpaired) electrons. The van der Waals surface area contributed by atoms with Gasteiger partial charge in [-0.1, -0.05) is 32.9 Å². The predicted molar refractivity (Wildman–Crippen MR) is 128 cm³/mol. The smallest absolute Gasteiger partial charge is 0.251 e. The highest BCUT2D eigenvalue weighted by Crippen LogP contribution is 2.26. The molecule has 0 aliphatic carbocycles. The summed E-state index contributed by atoms with van der Waals surface area (Å²) in [6, 6.07) is 11.0. The minimum Gasteiger partial charge on any atom is -0.458 e. The van der Waals surface area contributed by atoms with E-state index in [1.54, 1.807) is 29.6 Å². The largest absolute Gasteiger partial charge is 0.458 e. The van der Waals surface area contributed by atoms with E-state index in [1.165, 1.54) is 18.3 Å². The number of amides is 3. The summed E-state index contributed by atoms with van der Waals surface area (Å²) in [7, 11) is 0. The van der Waals surface area contributed by atoms with Gasteiger partial charge in [0.1, 0.15) is 11.5 Å². The number of rotatable bonds is 8. The number of nitrogens with one attached hydrogen (secondary N) is 3. The van der Waals surface area contributed by atoms with Crippen molar-refractivity contribution in [2.45, 2.75) is 46.1 Å². The van der Waals surface area contributed by atoms with Crippen molar-refractivity contribution in [2.24, 2.45) is 0 Å². The summed E-state index contributed by atoms with van der Waals surface area (Å²) in [5.41, 5.74) is 2.33. The molecule has 3 rings (SSSR count). The van der Waals surface area contributed by atoms with Gasteiger partial charge in [-0.05, 0) is 35.2 Å². The molecule has 0 saturated carbocycles. The molecule has 0 aliphatic heterocycles. The molecule has 9 heteroatoms. The number of hydrogen-bond acceptors (Lipinski definition) is 6. The van der Waals surface area contributed by atoms with Crippen LogP contribution in [0.1, 0.15) is 55.8 Å². The molecule has 3 aromatic rings. The van der Waals surface area contributed by atoms with Crippen molar-refractivity contribution >= 4 is 34.2 Å². The summed E-state index contributed by atoms with van der Waals surface area (Å²) in [5.74, 6) is 0.568. The predicted octanol–water partition coefficient (Wildman–Crippen LogP) is 4.10. The number of carbonyl (C=O) groups is 3. The van der Waals surface area contributed by atoms with E-state index >= 15 is 0 Å². The van der Waals surface area contributed by atoms with Gasteiger partial charge in [0.05, 0.1) is 6.54 Å². The summed E-state index contributed by atoms with van der Waals surface area (Å²) in [6.45, 7) is 8.31. The highest BCUT2D eigenvalue weighted by molar-refractivity contribution is 7.14. The molecule has 0 spiro atoms. The number of hydrogen-bond donors (Lipinski definition) is 3. The van der Waals surface area contributed by atoms with Crippen LogP contribution in [0.3, 0.4) is 0 Å². The quantitative estimate of drug-likeness (QED) is 0.461. The van der Waals surface area contributed by atoms with Crippen molar-refractivity contribution in [1.29, 1.82) is 0 Å². The van der Waals surface area contributed by atoms with Crippen molar-refractivity contribution < 1.29 is 18.8 Å². The molecule has 0 fully saturated rings. The topological polar surface area (TPSA) is 113 Å². The number of benzene rings is 1. The van der Waals surface area contributed by atoms with Gasteiger partial charge in [-0.15, -0.1) is 11.3 Å². The number of furan rings is 1. The zero-order valence-corrected chi connectivity index (χ0v) is 20.0. The van der Waals surface area contributed by atoms with Crippen molar-refractivity contribution in [3.63, 3.8) is 0 Å². The van der Waals surface area contributed by atoms with Gasteiger partial charge in [0, 0.05) is 30.8 Å². The maximum Gasteiger partial charge on any atom is 0.251 e. The number of aromatic nitrogens is 1. The third-order valence-corrected chi connectivity index (χ3v) is 5.58. The van der Waals surface area contributed by atoms with E-state index in [9.17, 15) is 14.4 Å². The third kappa shape index (κ3) is 7.01. The zero-order valence-electron chi connectivity index (χ0n) is 19.2. The number of anilines is 1. The first kappa shape index (κ1) is 24.2. The molecule has 3 N–H and O–H groups in total. The van der Waals surface area contributed by atoms with Gasteiger partial charge in [0.2, 0.25) is 11.8 Å².